The van der Waals surface area contributed by atoms with Gasteiger partial charge in [-0.3, -0.25) is 0 Å². The van der Waals surface area contributed by atoms with Crippen LogP contribution < -0.4 is 9.47 Å². The quantitative estimate of drug-likeness (QED) is 0.508. The van der Waals surface area contributed by atoms with Crippen molar-refractivity contribution in [1.29, 1.82) is 0 Å². The van der Waals surface area contributed by atoms with Crippen LogP contribution in [0.25, 0.3) is 10.2 Å². The van der Waals surface area contributed by atoms with Crippen LogP contribution in [0.4, 0.5) is 13.2 Å². The van der Waals surface area contributed by atoms with Gasteiger partial charge in [0.2, 0.25) is 0 Å². The summed E-state index contributed by atoms with van der Waals surface area (Å²) in [5.74, 6) is 0.203. The van der Waals surface area contributed by atoms with Gasteiger partial charge in [0.15, 0.2) is 18.2 Å². The summed E-state index contributed by atoms with van der Waals surface area (Å²) in [6, 6.07) is 3.08. The number of thiazole rings is 1. The number of carbonyl (C=O) groups excluding carboxylic acids is 1. The maximum atomic E-state index is 14.6. The molecular weight excluding hydrogens is 407 g/mol. The van der Waals surface area contributed by atoms with Crippen LogP contribution in [0, 0.1) is 17.7 Å². The molecule has 5 nitrogen and oxygen atoms in total. The third-order valence-electron chi connectivity index (χ3n) is 4.69. The molecule has 1 aliphatic carbocycles. The molecule has 0 amide bonds. The van der Waals surface area contributed by atoms with Crippen molar-refractivity contribution in [3.63, 3.8) is 0 Å². The van der Waals surface area contributed by atoms with Gasteiger partial charge < -0.3 is 19.0 Å². The van der Waals surface area contributed by atoms with Gasteiger partial charge in [-0.1, -0.05) is 18.3 Å². The zero-order chi connectivity index (χ0) is 21.0. The smallest absolute Gasteiger partial charge is 0.274 e. The number of aromatic nitrogens is 1. The van der Waals surface area contributed by atoms with E-state index in [4.69, 9.17) is 14.2 Å². The maximum Gasteiger partial charge on any atom is 0.274 e. The van der Waals surface area contributed by atoms with Crippen LogP contribution in [0.15, 0.2) is 12.1 Å². The highest BCUT2D eigenvalue weighted by atomic mass is 32.1. The molecular formula is C20H24F3NO4S. The Morgan fingerprint density at radius 1 is 1.28 bits per heavy atom. The zero-order valence-corrected chi connectivity index (χ0v) is 17.1. The van der Waals surface area contributed by atoms with Crippen molar-refractivity contribution in [2.75, 3.05) is 19.8 Å². The fourth-order valence-corrected chi connectivity index (χ4v) is 4.09. The number of hydrogen-bond donors (Lipinski definition) is 0. The van der Waals surface area contributed by atoms with Gasteiger partial charge in [-0.05, 0) is 43.7 Å². The van der Waals surface area contributed by atoms with Crippen molar-refractivity contribution in [1.82, 2.24) is 4.98 Å². The number of halogens is 3. The van der Waals surface area contributed by atoms with Crippen LogP contribution >= 0.6 is 11.3 Å². The van der Waals surface area contributed by atoms with E-state index in [9.17, 15) is 18.0 Å². The molecule has 0 N–H and O–H groups in total. The molecule has 0 bridgehead atoms. The summed E-state index contributed by atoms with van der Waals surface area (Å²) in [6.45, 7) is 3.72. The first-order chi connectivity index (χ1) is 13.8. The minimum absolute atomic E-state index is 0.00864. The maximum absolute atomic E-state index is 14.6. The van der Waals surface area contributed by atoms with E-state index >= 15 is 0 Å². The number of ether oxygens (including phenoxy) is 3. The summed E-state index contributed by atoms with van der Waals surface area (Å²) in [4.78, 5) is 15.1. The Kier molecular flexibility index (Phi) is 7.34. The second-order valence-corrected chi connectivity index (χ2v) is 8.48. The minimum atomic E-state index is -2.61. The molecule has 0 radical (unpaired) electrons. The average Bonchev–Trinajstić information content (AvgIpc) is 3.03. The summed E-state index contributed by atoms with van der Waals surface area (Å²) in [7, 11) is 0. The Balaban J connectivity index is 1.45. The van der Waals surface area contributed by atoms with Gasteiger partial charge in [-0.25, -0.2) is 18.2 Å². The Morgan fingerprint density at radius 3 is 2.72 bits per heavy atom. The van der Waals surface area contributed by atoms with Crippen LogP contribution in [0.3, 0.4) is 0 Å². The highest BCUT2D eigenvalue weighted by molar-refractivity contribution is 7.20. The van der Waals surface area contributed by atoms with Crippen LogP contribution in [0.2, 0.25) is 0 Å². The van der Waals surface area contributed by atoms with Crippen molar-refractivity contribution in [3.8, 4) is 10.9 Å². The lowest BCUT2D eigenvalue weighted by Crippen LogP contribution is -2.36. The molecule has 0 saturated heterocycles. The van der Waals surface area contributed by atoms with Gasteiger partial charge >= 0.3 is 0 Å². The molecule has 2 aromatic rings. The van der Waals surface area contributed by atoms with E-state index in [1.54, 1.807) is 13.0 Å². The van der Waals surface area contributed by atoms with Gasteiger partial charge in [-0.15, -0.1) is 0 Å². The van der Waals surface area contributed by atoms with E-state index in [2.05, 4.69) is 4.98 Å². The van der Waals surface area contributed by atoms with Gasteiger partial charge in [-0.2, -0.15) is 0 Å². The molecule has 1 atom stereocenters. The Hall–Kier alpha value is -1.87. The molecule has 9 heteroatoms. The Bertz CT molecular complexity index is 838. The normalized spacial score (nSPS) is 19.9. The van der Waals surface area contributed by atoms with Crippen molar-refractivity contribution in [3.05, 3.63) is 17.9 Å². The second-order valence-electron chi connectivity index (χ2n) is 7.52. The number of ketones is 1. The van der Waals surface area contributed by atoms with Crippen LogP contribution in [0.1, 0.15) is 33.1 Å². The van der Waals surface area contributed by atoms with E-state index in [1.807, 2.05) is 6.92 Å². The number of fused-ring (bicyclic) bond motifs is 1. The zero-order valence-electron chi connectivity index (χ0n) is 16.3. The third kappa shape index (κ3) is 6.05. The van der Waals surface area contributed by atoms with E-state index in [1.165, 1.54) is 6.07 Å². The minimum Gasteiger partial charge on any atom is -0.490 e. The first-order valence-electron chi connectivity index (χ1n) is 9.55. The van der Waals surface area contributed by atoms with Gasteiger partial charge in [0, 0.05) is 13.0 Å². The molecule has 1 aromatic heterocycles. The molecule has 1 saturated carbocycles. The number of alkyl halides is 2. The number of benzene rings is 1. The summed E-state index contributed by atoms with van der Waals surface area (Å²) < 4.78 is 55.6. The predicted octanol–water partition coefficient (Wildman–Crippen LogP) is 4.87. The molecule has 0 spiro atoms. The van der Waals surface area contributed by atoms with Crippen molar-refractivity contribution < 1.29 is 32.2 Å². The molecule has 1 aromatic carbocycles. The first kappa shape index (κ1) is 21.8. The van der Waals surface area contributed by atoms with Crippen molar-refractivity contribution >= 4 is 27.3 Å². The molecule has 3 rings (SSSR count). The Labute approximate surface area is 171 Å². The van der Waals surface area contributed by atoms with E-state index in [-0.39, 0.29) is 39.4 Å². The monoisotopic (exact) mass is 431 g/mol. The van der Waals surface area contributed by atoms with E-state index in [0.717, 1.165) is 24.2 Å². The topological polar surface area (TPSA) is 57.7 Å². The fraction of sp³-hybridized carbons (Fsp3) is 0.600. The lowest BCUT2D eigenvalue weighted by Gasteiger charge is -2.35. The largest absolute Gasteiger partial charge is 0.490 e. The second kappa shape index (κ2) is 9.75. The van der Waals surface area contributed by atoms with E-state index < -0.39 is 18.8 Å². The van der Waals surface area contributed by atoms with Crippen LogP contribution in [-0.2, 0) is 9.53 Å². The molecule has 29 heavy (non-hydrogen) atoms. The Morgan fingerprint density at radius 2 is 2.03 bits per heavy atom. The first-order valence-corrected chi connectivity index (χ1v) is 10.4. The molecule has 0 aliphatic heterocycles. The number of hydrogen-bond acceptors (Lipinski definition) is 6. The summed E-state index contributed by atoms with van der Waals surface area (Å²) in [6.07, 6.45) is -0.265. The van der Waals surface area contributed by atoms with Gasteiger partial charge in [0.25, 0.3) is 11.6 Å². The summed E-state index contributed by atoms with van der Waals surface area (Å²) in [5, 5.41) is 0.00864. The van der Waals surface area contributed by atoms with Gasteiger partial charge in [0.05, 0.1) is 22.9 Å². The summed E-state index contributed by atoms with van der Waals surface area (Å²) >= 11 is 0.882. The molecule has 0 unspecified atom stereocenters. The lowest BCUT2D eigenvalue weighted by molar-refractivity contribution is -0.119. The number of nitrogens with zero attached hydrogens (tertiary/aromatic N) is 1. The predicted molar refractivity (Wildman–Crippen MR) is 103 cm³/mol. The van der Waals surface area contributed by atoms with Crippen LogP contribution in [0.5, 0.6) is 10.9 Å². The third-order valence-corrected chi connectivity index (χ3v) is 5.67. The van der Waals surface area contributed by atoms with E-state index in [0.29, 0.717) is 25.2 Å². The SMILES string of the molecule is CC(=O)C[C@@H](C)COC1CC(COc2ccc3nc(OCC(F)F)sc3c2F)C1. The average molecular weight is 431 g/mol. The fourth-order valence-electron chi connectivity index (χ4n) is 3.23. The van der Waals surface area contributed by atoms with Gasteiger partial charge in [0.1, 0.15) is 5.78 Å². The molecule has 160 valence electrons. The van der Waals surface area contributed by atoms with Crippen molar-refractivity contribution in [2.45, 2.75) is 45.6 Å². The highest BCUT2D eigenvalue weighted by Gasteiger charge is 2.31. The van der Waals surface area contributed by atoms with Crippen LogP contribution in [-0.4, -0.2) is 43.1 Å². The standard InChI is InChI=1S/C20H24F3NO4S/c1-11(5-12(2)25)8-26-14-6-13(7-14)9-27-16-4-3-15-19(18(16)23)29-20(24-15)28-10-17(21)22/h3-4,11,13-14,17H,5-10H2,1-2H3/t11-,13?,14?/m1/s1. The molecule has 1 heterocycles. The molecule has 1 fully saturated rings. The number of carbonyl (C=O) groups is 1. The number of Topliss-reactive ketones (excluding diaryl/α,β-unsaturated/α-hetero) is 1. The lowest BCUT2D eigenvalue weighted by atomic mass is 9.83. The number of rotatable bonds is 11. The molecule has 1 aliphatic rings. The summed E-state index contributed by atoms with van der Waals surface area (Å²) in [5.41, 5.74) is 0.348. The van der Waals surface area contributed by atoms with Crippen molar-refractivity contribution in [2.24, 2.45) is 11.8 Å². The highest BCUT2D eigenvalue weighted by Crippen LogP contribution is 2.36.